The summed E-state index contributed by atoms with van der Waals surface area (Å²) in [6.07, 6.45) is 1.61. The molecule has 1 amide bonds. The van der Waals surface area contributed by atoms with Crippen molar-refractivity contribution in [3.05, 3.63) is 53.7 Å². The Kier molecular flexibility index (Phi) is 5.81. The molecule has 1 aromatic heterocycles. The lowest BCUT2D eigenvalue weighted by Gasteiger charge is -2.07. The Hall–Kier alpha value is -2.52. The highest BCUT2D eigenvalue weighted by atomic mass is 32.2. The summed E-state index contributed by atoms with van der Waals surface area (Å²) in [5.74, 6) is 0.867. The van der Waals surface area contributed by atoms with Gasteiger partial charge in [-0.05, 0) is 29.8 Å². The molecule has 0 atom stereocenters. The molecule has 2 rings (SSSR count). The Bertz CT molecular complexity index is 698. The number of benzene rings is 1. The van der Waals surface area contributed by atoms with E-state index in [-0.39, 0.29) is 11.7 Å². The molecule has 5 nitrogen and oxygen atoms in total. The van der Waals surface area contributed by atoms with Crippen LogP contribution in [0.1, 0.15) is 11.1 Å². The summed E-state index contributed by atoms with van der Waals surface area (Å²) in [7, 11) is 1.61. The first-order valence-corrected chi connectivity index (χ1v) is 7.59. The van der Waals surface area contributed by atoms with E-state index >= 15 is 0 Å². The van der Waals surface area contributed by atoms with Gasteiger partial charge in [0, 0.05) is 12.7 Å². The summed E-state index contributed by atoms with van der Waals surface area (Å²) in [6, 6.07) is 13.0. The Labute approximate surface area is 133 Å². The lowest BCUT2D eigenvalue weighted by molar-refractivity contribution is -0.118. The van der Waals surface area contributed by atoms with Gasteiger partial charge in [0.2, 0.25) is 5.91 Å². The van der Waals surface area contributed by atoms with Crippen molar-refractivity contribution in [2.75, 3.05) is 12.9 Å². The fourth-order valence-electron chi connectivity index (χ4n) is 1.76. The number of carbonyl (C=O) groups excluding carboxylic acids is 1. The fraction of sp³-hybridized carbons (Fsp3) is 0.188. The maximum atomic E-state index is 11.9. The van der Waals surface area contributed by atoms with Crippen molar-refractivity contribution in [2.45, 2.75) is 11.6 Å². The number of rotatable bonds is 6. The topological polar surface area (TPSA) is 75.0 Å². The largest absolute Gasteiger partial charge is 0.497 e. The van der Waals surface area contributed by atoms with Crippen molar-refractivity contribution in [3.63, 3.8) is 0 Å². The van der Waals surface area contributed by atoms with Crippen LogP contribution in [-0.2, 0) is 11.3 Å². The summed E-state index contributed by atoms with van der Waals surface area (Å²) in [5, 5.41) is 12.4. The van der Waals surface area contributed by atoms with E-state index < -0.39 is 0 Å². The summed E-state index contributed by atoms with van der Waals surface area (Å²) in [6.45, 7) is 0.434. The summed E-state index contributed by atoms with van der Waals surface area (Å²) >= 11 is 1.25. The summed E-state index contributed by atoms with van der Waals surface area (Å²) < 4.78 is 5.14. The summed E-state index contributed by atoms with van der Waals surface area (Å²) in [5.41, 5.74) is 1.45. The molecule has 1 heterocycles. The highest BCUT2D eigenvalue weighted by molar-refractivity contribution is 7.99. The molecule has 1 N–H and O–H groups in total. The van der Waals surface area contributed by atoms with Crippen LogP contribution in [0.15, 0.2) is 47.6 Å². The molecular weight excluding hydrogens is 298 g/mol. The van der Waals surface area contributed by atoms with Gasteiger partial charge >= 0.3 is 0 Å². The highest BCUT2D eigenvalue weighted by Gasteiger charge is 2.07. The number of amides is 1. The number of carbonyl (C=O) groups is 1. The number of ether oxygens (including phenoxy) is 1. The molecule has 0 bridgehead atoms. The lowest BCUT2D eigenvalue weighted by atomic mass is 10.2. The van der Waals surface area contributed by atoms with Crippen LogP contribution in [0.2, 0.25) is 0 Å². The number of hydrogen-bond acceptors (Lipinski definition) is 5. The molecule has 0 saturated heterocycles. The van der Waals surface area contributed by atoms with Gasteiger partial charge in [-0.2, -0.15) is 5.26 Å². The molecule has 0 saturated carbocycles. The number of hydrogen-bond donors (Lipinski definition) is 1. The molecule has 0 aliphatic rings. The van der Waals surface area contributed by atoms with Crippen LogP contribution in [-0.4, -0.2) is 23.8 Å². The normalized spacial score (nSPS) is 9.82. The van der Waals surface area contributed by atoms with Crippen LogP contribution in [0.3, 0.4) is 0 Å². The van der Waals surface area contributed by atoms with E-state index in [1.807, 2.05) is 24.3 Å². The third-order valence-corrected chi connectivity index (χ3v) is 3.86. The van der Waals surface area contributed by atoms with Gasteiger partial charge in [-0.25, -0.2) is 4.98 Å². The molecule has 0 aliphatic carbocycles. The molecule has 2 aromatic rings. The van der Waals surface area contributed by atoms with Gasteiger partial charge in [-0.1, -0.05) is 23.9 Å². The van der Waals surface area contributed by atoms with Gasteiger partial charge in [0.25, 0.3) is 0 Å². The average Bonchev–Trinajstić information content (AvgIpc) is 2.58. The Morgan fingerprint density at radius 1 is 1.41 bits per heavy atom. The second kappa shape index (κ2) is 8.05. The molecule has 0 fully saturated rings. The zero-order valence-electron chi connectivity index (χ0n) is 12.1. The minimum absolute atomic E-state index is 0.109. The summed E-state index contributed by atoms with van der Waals surface area (Å²) in [4.78, 5) is 16.0. The number of pyridine rings is 1. The minimum Gasteiger partial charge on any atom is -0.497 e. The number of nitriles is 1. The van der Waals surface area contributed by atoms with Crippen LogP contribution in [0.25, 0.3) is 0 Å². The van der Waals surface area contributed by atoms with Crippen LogP contribution in [0.5, 0.6) is 5.75 Å². The number of nitrogens with one attached hydrogen (secondary N) is 1. The zero-order valence-corrected chi connectivity index (χ0v) is 12.9. The molecule has 1 aromatic carbocycles. The van der Waals surface area contributed by atoms with Gasteiger partial charge in [-0.15, -0.1) is 0 Å². The second-order valence-electron chi connectivity index (χ2n) is 4.38. The third kappa shape index (κ3) is 4.50. The first-order chi connectivity index (χ1) is 10.7. The Morgan fingerprint density at radius 3 is 3.05 bits per heavy atom. The van der Waals surface area contributed by atoms with E-state index in [0.717, 1.165) is 11.3 Å². The molecule has 0 spiro atoms. The van der Waals surface area contributed by atoms with Gasteiger partial charge < -0.3 is 10.1 Å². The highest BCUT2D eigenvalue weighted by Crippen LogP contribution is 2.18. The minimum atomic E-state index is -0.109. The number of aromatic nitrogens is 1. The molecule has 0 aliphatic heterocycles. The van der Waals surface area contributed by atoms with E-state index in [1.165, 1.54) is 11.8 Å². The third-order valence-electron chi connectivity index (χ3n) is 2.86. The van der Waals surface area contributed by atoms with E-state index in [2.05, 4.69) is 16.4 Å². The van der Waals surface area contributed by atoms with Gasteiger partial charge in [0.15, 0.2) is 0 Å². The number of methoxy groups -OCH3 is 1. The van der Waals surface area contributed by atoms with Crippen LogP contribution in [0, 0.1) is 11.3 Å². The molecular formula is C16H15N3O2S. The van der Waals surface area contributed by atoms with Crippen molar-refractivity contribution in [1.82, 2.24) is 10.3 Å². The Morgan fingerprint density at radius 2 is 2.27 bits per heavy atom. The predicted molar refractivity (Wildman–Crippen MR) is 84.5 cm³/mol. The first kappa shape index (κ1) is 15.9. The molecule has 0 radical (unpaired) electrons. The smallest absolute Gasteiger partial charge is 0.230 e. The second-order valence-corrected chi connectivity index (χ2v) is 5.35. The van der Waals surface area contributed by atoms with Crippen LogP contribution >= 0.6 is 11.8 Å². The van der Waals surface area contributed by atoms with Crippen molar-refractivity contribution >= 4 is 17.7 Å². The lowest BCUT2D eigenvalue weighted by Crippen LogP contribution is -2.24. The molecule has 112 valence electrons. The monoisotopic (exact) mass is 313 g/mol. The maximum Gasteiger partial charge on any atom is 0.230 e. The zero-order chi connectivity index (χ0) is 15.8. The molecule has 22 heavy (non-hydrogen) atoms. The number of thioether (sulfide) groups is 1. The fourth-order valence-corrected chi connectivity index (χ4v) is 2.53. The predicted octanol–water partition coefficient (Wildman–Crippen LogP) is 2.37. The van der Waals surface area contributed by atoms with Crippen molar-refractivity contribution in [3.8, 4) is 11.8 Å². The van der Waals surface area contributed by atoms with E-state index in [0.29, 0.717) is 17.1 Å². The van der Waals surface area contributed by atoms with Crippen LogP contribution < -0.4 is 10.1 Å². The quantitative estimate of drug-likeness (QED) is 0.829. The number of nitrogens with zero attached hydrogens (tertiary/aromatic N) is 2. The van der Waals surface area contributed by atoms with E-state index in [1.54, 1.807) is 25.4 Å². The standard InChI is InChI=1S/C16H15N3O2S/c1-21-14-6-2-4-12(8-14)10-19-15(20)11-22-16-13(9-17)5-3-7-18-16/h2-8H,10-11H2,1H3,(H,19,20). The maximum absolute atomic E-state index is 11.9. The molecule has 0 unspecified atom stereocenters. The SMILES string of the molecule is COc1cccc(CNC(=O)CSc2ncccc2C#N)c1. The Balaban J connectivity index is 1.84. The average molecular weight is 313 g/mol. The van der Waals surface area contributed by atoms with E-state index in [9.17, 15) is 4.79 Å². The van der Waals surface area contributed by atoms with Gasteiger partial charge in [-0.3, -0.25) is 4.79 Å². The van der Waals surface area contributed by atoms with Crippen LogP contribution in [0.4, 0.5) is 0 Å². The van der Waals surface area contributed by atoms with Crippen molar-refractivity contribution < 1.29 is 9.53 Å². The van der Waals surface area contributed by atoms with Crippen molar-refractivity contribution in [1.29, 1.82) is 5.26 Å². The molecule has 6 heteroatoms. The van der Waals surface area contributed by atoms with Gasteiger partial charge in [0.1, 0.15) is 16.8 Å². The first-order valence-electron chi connectivity index (χ1n) is 6.60. The van der Waals surface area contributed by atoms with Gasteiger partial charge in [0.05, 0.1) is 18.4 Å². The van der Waals surface area contributed by atoms with E-state index in [4.69, 9.17) is 10.00 Å². The van der Waals surface area contributed by atoms with Crippen molar-refractivity contribution in [2.24, 2.45) is 0 Å².